The number of hydrogen-bond acceptors (Lipinski definition) is 7. The molecule has 1 saturated heterocycles. The van der Waals surface area contributed by atoms with Crippen molar-refractivity contribution in [2.45, 2.75) is 63.4 Å². The van der Waals surface area contributed by atoms with E-state index in [0.29, 0.717) is 35.7 Å². The monoisotopic (exact) mass is 638 g/mol. The van der Waals surface area contributed by atoms with E-state index in [2.05, 4.69) is 10.6 Å². The maximum absolute atomic E-state index is 14.1. The van der Waals surface area contributed by atoms with Gasteiger partial charge in [0.25, 0.3) is 5.91 Å². The highest BCUT2D eigenvalue weighted by atomic mass is 16.5. The number of benzene rings is 3. The number of rotatable bonds is 10. The molecule has 6 rings (SSSR count). The molecule has 0 aromatic heterocycles. The van der Waals surface area contributed by atoms with Gasteiger partial charge < -0.3 is 35.4 Å². The van der Waals surface area contributed by atoms with Crippen LogP contribution in [-0.4, -0.2) is 65.2 Å². The molecular weight excluding hydrogens is 596 g/mol. The predicted octanol–water partition coefficient (Wildman–Crippen LogP) is 3.65. The first-order valence-electron chi connectivity index (χ1n) is 16.2. The summed E-state index contributed by atoms with van der Waals surface area (Å²) in [6.07, 6.45) is 5.82. The number of hydrogen-bond donors (Lipinski definition) is 4. The number of amides is 3. The number of carbonyl (C=O) groups excluding carboxylic acids is 3. The minimum Gasteiger partial charge on any atom is -0.497 e. The van der Waals surface area contributed by atoms with E-state index >= 15 is 0 Å². The van der Waals surface area contributed by atoms with Crippen LogP contribution in [0.3, 0.4) is 0 Å². The molecule has 0 saturated carbocycles. The summed E-state index contributed by atoms with van der Waals surface area (Å²) >= 11 is 0. The van der Waals surface area contributed by atoms with E-state index in [9.17, 15) is 24.6 Å². The molecule has 0 radical (unpaired) electrons. The number of fused-ring (bicyclic) bond motifs is 2. The minimum atomic E-state index is -1.90. The smallest absolute Gasteiger partial charge is 0.264 e. The lowest BCUT2D eigenvalue weighted by Gasteiger charge is -2.36. The van der Waals surface area contributed by atoms with E-state index in [1.807, 2.05) is 48.5 Å². The summed E-state index contributed by atoms with van der Waals surface area (Å²) in [4.78, 5) is 43.4. The van der Waals surface area contributed by atoms with Crippen molar-refractivity contribution in [3.63, 3.8) is 0 Å². The topological polar surface area (TPSA) is 131 Å². The van der Waals surface area contributed by atoms with Gasteiger partial charge in [-0.25, -0.2) is 0 Å². The van der Waals surface area contributed by atoms with Crippen LogP contribution in [-0.2, 0) is 39.5 Å². The summed E-state index contributed by atoms with van der Waals surface area (Å²) in [6.45, 7) is 3.06. The number of carbonyl (C=O) groups is 3. The SMILES string of the molecule is COc1ccc2c(c1)[C@](O)([C@@H](C)/C=C/CC(=O)N1Cc3ccccc3C[C@H]1CO)C(=O)N2Cc1cccc(NC(=O)[C@H]2CCCN2)c1. The number of ether oxygens (including phenoxy) is 1. The molecule has 3 aromatic rings. The lowest BCUT2D eigenvalue weighted by molar-refractivity contribution is -0.139. The van der Waals surface area contributed by atoms with Gasteiger partial charge in [-0.05, 0) is 72.8 Å². The summed E-state index contributed by atoms with van der Waals surface area (Å²) in [5.41, 5.74) is 2.72. The molecule has 10 nitrogen and oxygen atoms in total. The molecule has 246 valence electrons. The Hall–Kier alpha value is -4.51. The van der Waals surface area contributed by atoms with Gasteiger partial charge in [-0.1, -0.05) is 55.5 Å². The third kappa shape index (κ3) is 6.41. The van der Waals surface area contributed by atoms with Crippen molar-refractivity contribution in [3.8, 4) is 5.75 Å². The van der Waals surface area contributed by atoms with Crippen LogP contribution in [0.1, 0.15) is 48.4 Å². The van der Waals surface area contributed by atoms with Gasteiger partial charge in [0.2, 0.25) is 11.8 Å². The van der Waals surface area contributed by atoms with E-state index < -0.39 is 17.4 Å². The summed E-state index contributed by atoms with van der Waals surface area (Å²) in [7, 11) is 1.53. The van der Waals surface area contributed by atoms with E-state index in [4.69, 9.17) is 4.74 Å². The average molecular weight is 639 g/mol. The van der Waals surface area contributed by atoms with Crippen LogP contribution in [0.5, 0.6) is 5.75 Å². The van der Waals surface area contributed by atoms with Crippen LogP contribution in [0.15, 0.2) is 78.9 Å². The largest absolute Gasteiger partial charge is 0.497 e. The normalized spacial score (nSPS) is 22.7. The highest BCUT2D eigenvalue weighted by molar-refractivity contribution is 6.07. The molecule has 3 aliphatic heterocycles. The number of aliphatic hydroxyl groups excluding tert-OH is 1. The minimum absolute atomic E-state index is 0.0663. The number of anilines is 2. The van der Waals surface area contributed by atoms with Crippen molar-refractivity contribution in [3.05, 3.63) is 101 Å². The average Bonchev–Trinajstić information content (AvgIpc) is 3.71. The first-order chi connectivity index (χ1) is 22.7. The quantitative estimate of drug-likeness (QED) is 0.250. The Morgan fingerprint density at radius 1 is 1.13 bits per heavy atom. The van der Waals surface area contributed by atoms with E-state index in [1.54, 1.807) is 47.1 Å². The van der Waals surface area contributed by atoms with Gasteiger partial charge in [0.15, 0.2) is 5.60 Å². The number of nitrogens with zero attached hydrogens (tertiary/aromatic N) is 2. The molecule has 3 aromatic carbocycles. The van der Waals surface area contributed by atoms with Crippen molar-refractivity contribution in [2.75, 3.05) is 30.5 Å². The van der Waals surface area contributed by atoms with Gasteiger partial charge in [-0.2, -0.15) is 0 Å². The van der Waals surface area contributed by atoms with Crippen LogP contribution < -0.4 is 20.3 Å². The van der Waals surface area contributed by atoms with Gasteiger partial charge in [-0.15, -0.1) is 0 Å². The zero-order valence-electron chi connectivity index (χ0n) is 26.8. The van der Waals surface area contributed by atoms with Crippen molar-refractivity contribution in [1.29, 1.82) is 0 Å². The van der Waals surface area contributed by atoms with Crippen LogP contribution in [0.4, 0.5) is 11.4 Å². The Kier molecular flexibility index (Phi) is 9.45. The zero-order chi connectivity index (χ0) is 33.1. The van der Waals surface area contributed by atoms with Gasteiger partial charge in [0.1, 0.15) is 5.75 Å². The Labute approximate surface area is 275 Å². The summed E-state index contributed by atoms with van der Waals surface area (Å²) in [5, 5.41) is 28.3. The van der Waals surface area contributed by atoms with E-state index in [-0.39, 0.29) is 43.5 Å². The molecule has 3 amide bonds. The van der Waals surface area contributed by atoms with Crippen molar-refractivity contribution >= 4 is 29.1 Å². The van der Waals surface area contributed by atoms with Gasteiger partial charge in [0, 0.05) is 30.1 Å². The van der Waals surface area contributed by atoms with Crippen LogP contribution in [0.2, 0.25) is 0 Å². The third-order valence-electron chi connectivity index (χ3n) is 9.65. The van der Waals surface area contributed by atoms with Crippen LogP contribution in [0, 0.1) is 5.92 Å². The van der Waals surface area contributed by atoms with Crippen molar-refractivity contribution in [1.82, 2.24) is 10.2 Å². The Balaban J connectivity index is 1.19. The lowest BCUT2D eigenvalue weighted by Crippen LogP contribution is -2.46. The maximum atomic E-state index is 14.1. The fraction of sp³-hybridized carbons (Fsp3) is 0.378. The zero-order valence-corrected chi connectivity index (χ0v) is 26.8. The molecule has 3 heterocycles. The van der Waals surface area contributed by atoms with Gasteiger partial charge in [0.05, 0.1) is 38.0 Å². The van der Waals surface area contributed by atoms with Crippen molar-refractivity contribution < 1.29 is 29.3 Å². The molecule has 0 bridgehead atoms. The fourth-order valence-corrected chi connectivity index (χ4v) is 6.95. The van der Waals surface area contributed by atoms with Gasteiger partial charge >= 0.3 is 0 Å². The molecule has 4 N–H and O–H groups in total. The number of methoxy groups -OCH3 is 1. The molecule has 10 heteroatoms. The first kappa shape index (κ1) is 32.4. The van der Waals surface area contributed by atoms with E-state index in [0.717, 1.165) is 36.1 Å². The van der Waals surface area contributed by atoms with Crippen molar-refractivity contribution in [2.24, 2.45) is 5.92 Å². The summed E-state index contributed by atoms with van der Waals surface area (Å²) in [6, 6.07) is 20.0. The fourth-order valence-electron chi connectivity index (χ4n) is 6.95. The first-order valence-corrected chi connectivity index (χ1v) is 16.2. The standard InChI is InChI=1S/C37H42N4O6/c1-24(8-5-14-34(43)40-22-27-11-4-3-10-26(27)19-29(40)23-42)37(46)31-20-30(47-2)15-16-33(31)41(36(37)45)21-25-9-6-12-28(18-25)39-35(44)32-13-7-17-38-32/h3-6,8-12,15-16,18,20,24,29,32,38,42,46H,7,13-14,17,19,21-23H2,1-2H3,(H,39,44)/b8-5+/t24-,29-,32+,37+/m0/s1. The van der Waals surface area contributed by atoms with Crippen LogP contribution >= 0.6 is 0 Å². The lowest BCUT2D eigenvalue weighted by atomic mass is 9.82. The van der Waals surface area contributed by atoms with Crippen LogP contribution in [0.25, 0.3) is 0 Å². The Bertz CT molecular complexity index is 1680. The second-order valence-electron chi connectivity index (χ2n) is 12.6. The Morgan fingerprint density at radius 3 is 2.68 bits per heavy atom. The Morgan fingerprint density at radius 2 is 1.94 bits per heavy atom. The molecule has 47 heavy (non-hydrogen) atoms. The predicted molar refractivity (Wildman–Crippen MR) is 179 cm³/mol. The molecule has 3 aliphatic rings. The second kappa shape index (κ2) is 13.7. The summed E-state index contributed by atoms with van der Waals surface area (Å²) in [5.74, 6) is -0.875. The molecular formula is C37H42N4O6. The molecule has 4 atom stereocenters. The highest BCUT2D eigenvalue weighted by Gasteiger charge is 2.52. The number of aliphatic hydroxyl groups is 2. The second-order valence-corrected chi connectivity index (χ2v) is 12.6. The highest BCUT2D eigenvalue weighted by Crippen LogP contribution is 2.47. The van der Waals surface area contributed by atoms with Gasteiger partial charge in [-0.3, -0.25) is 14.4 Å². The third-order valence-corrected chi connectivity index (χ3v) is 9.65. The summed E-state index contributed by atoms with van der Waals surface area (Å²) < 4.78 is 5.45. The maximum Gasteiger partial charge on any atom is 0.264 e. The molecule has 0 spiro atoms. The number of nitrogens with one attached hydrogen (secondary N) is 2. The molecule has 0 unspecified atom stereocenters. The molecule has 0 aliphatic carbocycles. The molecule has 1 fully saturated rings. The van der Waals surface area contributed by atoms with E-state index in [1.165, 1.54) is 7.11 Å².